The first kappa shape index (κ1) is 12.4. The standard InChI is InChI=1S/C14H10ClNO2S/c1-7-16(2)14(18)13(19-7)12-10-6-9(15)4-3-8(10)5-11(12)17/h3-4,6H,1,5H2,2H3/b13-12-. The molecule has 0 N–H and O–H groups in total. The van der Waals surface area contributed by atoms with Gasteiger partial charge in [0.15, 0.2) is 5.78 Å². The van der Waals surface area contributed by atoms with Crippen LogP contribution in [-0.2, 0) is 18.3 Å². The summed E-state index contributed by atoms with van der Waals surface area (Å²) in [7, 11) is 1.66. The number of nitrogens with zero attached hydrogens (tertiary/aromatic N) is 1. The van der Waals surface area contributed by atoms with Crippen molar-refractivity contribution in [2.75, 3.05) is 0 Å². The molecule has 0 spiro atoms. The van der Waals surface area contributed by atoms with Gasteiger partial charge in [0, 0.05) is 24.1 Å². The molecule has 5 heteroatoms. The summed E-state index contributed by atoms with van der Waals surface area (Å²) >= 11 is 7.23. The van der Waals surface area contributed by atoms with Gasteiger partial charge in [0.05, 0.1) is 4.66 Å². The molecular formula is C14H10ClNO2S. The van der Waals surface area contributed by atoms with Gasteiger partial charge in [0.1, 0.15) is 4.53 Å². The Balaban J connectivity index is 2.48. The van der Waals surface area contributed by atoms with E-state index in [1.807, 2.05) is 6.07 Å². The lowest BCUT2D eigenvalue weighted by molar-refractivity contribution is -0.112. The number of fused-ring (bicyclic) bond motifs is 1. The maximum atomic E-state index is 12.2. The van der Waals surface area contributed by atoms with Crippen LogP contribution in [0.2, 0.25) is 5.02 Å². The molecule has 0 radical (unpaired) electrons. The van der Waals surface area contributed by atoms with Gasteiger partial charge in [0.25, 0.3) is 5.56 Å². The summed E-state index contributed by atoms with van der Waals surface area (Å²) in [6.45, 7) is 3.80. The third-order valence-electron chi connectivity index (χ3n) is 3.29. The normalized spacial score (nSPS) is 16.8. The molecule has 96 valence electrons. The maximum absolute atomic E-state index is 12.2. The SMILES string of the molecule is C=c1s/c(=C2\C(=O)Cc3ccc(Cl)cc32)c(=O)n1C. The predicted octanol–water partition coefficient (Wildman–Crippen LogP) is 0.835. The topological polar surface area (TPSA) is 39.1 Å². The quantitative estimate of drug-likeness (QED) is 0.721. The van der Waals surface area contributed by atoms with Gasteiger partial charge in [-0.25, -0.2) is 0 Å². The summed E-state index contributed by atoms with van der Waals surface area (Å²) in [5.41, 5.74) is 2.01. The number of hydrogen-bond acceptors (Lipinski definition) is 3. The number of benzene rings is 1. The van der Waals surface area contributed by atoms with Gasteiger partial charge in [-0.05, 0) is 23.3 Å². The highest BCUT2D eigenvalue weighted by Gasteiger charge is 2.26. The average Bonchev–Trinajstić information content (AvgIpc) is 2.80. The maximum Gasteiger partial charge on any atom is 0.269 e. The van der Waals surface area contributed by atoms with Crippen molar-refractivity contribution in [3.8, 4) is 0 Å². The summed E-state index contributed by atoms with van der Waals surface area (Å²) in [6, 6.07) is 5.35. The number of ketones is 1. The van der Waals surface area contributed by atoms with Crippen LogP contribution in [0.3, 0.4) is 0 Å². The number of aromatic nitrogens is 1. The van der Waals surface area contributed by atoms with Gasteiger partial charge in [-0.1, -0.05) is 24.2 Å². The van der Waals surface area contributed by atoms with Crippen LogP contribution >= 0.6 is 22.9 Å². The lowest BCUT2D eigenvalue weighted by atomic mass is 10.1. The van der Waals surface area contributed by atoms with Crippen molar-refractivity contribution in [3.63, 3.8) is 0 Å². The Labute approximate surface area is 118 Å². The number of hydrogen-bond donors (Lipinski definition) is 0. The van der Waals surface area contributed by atoms with Crippen LogP contribution in [0.15, 0.2) is 23.0 Å². The molecule has 1 aliphatic rings. The summed E-state index contributed by atoms with van der Waals surface area (Å²) in [4.78, 5) is 24.3. The number of halogens is 1. The van der Waals surface area contributed by atoms with Gasteiger partial charge >= 0.3 is 0 Å². The van der Waals surface area contributed by atoms with Gasteiger partial charge in [-0.3, -0.25) is 9.59 Å². The molecule has 0 amide bonds. The Morgan fingerprint density at radius 3 is 2.74 bits per heavy atom. The number of carbonyl (C=O) groups excluding carboxylic acids is 1. The van der Waals surface area contributed by atoms with E-state index < -0.39 is 0 Å². The molecule has 0 saturated carbocycles. The molecule has 2 aromatic rings. The first-order chi connectivity index (χ1) is 8.99. The monoisotopic (exact) mass is 291 g/mol. The second-order valence-electron chi connectivity index (χ2n) is 4.47. The smallest absolute Gasteiger partial charge is 0.269 e. The van der Waals surface area contributed by atoms with E-state index in [-0.39, 0.29) is 11.3 Å². The average molecular weight is 292 g/mol. The van der Waals surface area contributed by atoms with Crippen molar-refractivity contribution in [2.45, 2.75) is 6.42 Å². The van der Waals surface area contributed by atoms with Crippen molar-refractivity contribution in [1.29, 1.82) is 0 Å². The van der Waals surface area contributed by atoms with Crippen LogP contribution < -0.4 is 14.8 Å². The Morgan fingerprint density at radius 2 is 2.11 bits per heavy atom. The molecule has 0 atom stereocenters. The van der Waals surface area contributed by atoms with Crippen LogP contribution in [0.1, 0.15) is 11.1 Å². The molecule has 3 nitrogen and oxygen atoms in total. The van der Waals surface area contributed by atoms with E-state index in [4.69, 9.17) is 11.6 Å². The molecule has 3 rings (SSSR count). The first-order valence-electron chi connectivity index (χ1n) is 5.70. The molecule has 0 saturated heterocycles. The third-order valence-corrected chi connectivity index (χ3v) is 4.62. The second-order valence-corrected chi connectivity index (χ2v) is 5.99. The molecule has 19 heavy (non-hydrogen) atoms. The fourth-order valence-corrected chi connectivity index (χ4v) is 3.43. The first-order valence-corrected chi connectivity index (χ1v) is 6.89. The van der Waals surface area contributed by atoms with Crippen LogP contribution in [0.5, 0.6) is 0 Å². The minimum absolute atomic E-state index is 0.0313. The largest absolute Gasteiger partial charge is 0.303 e. The Hall–Kier alpha value is -1.65. The fourth-order valence-electron chi connectivity index (χ4n) is 2.25. The highest BCUT2D eigenvalue weighted by atomic mass is 35.5. The van der Waals surface area contributed by atoms with E-state index in [9.17, 15) is 9.59 Å². The van der Waals surface area contributed by atoms with Crippen LogP contribution in [-0.4, -0.2) is 10.4 Å². The van der Waals surface area contributed by atoms with Gasteiger partial charge in [-0.2, -0.15) is 0 Å². The zero-order valence-corrected chi connectivity index (χ0v) is 11.8. The van der Waals surface area contributed by atoms with Gasteiger partial charge in [0.2, 0.25) is 0 Å². The zero-order valence-electron chi connectivity index (χ0n) is 10.2. The summed E-state index contributed by atoms with van der Waals surface area (Å²) in [6.07, 6.45) is 0.329. The molecule has 0 unspecified atom stereocenters. The summed E-state index contributed by atoms with van der Waals surface area (Å²) in [5.74, 6) is -0.0313. The van der Waals surface area contributed by atoms with Gasteiger partial charge in [-0.15, -0.1) is 11.3 Å². The molecular weight excluding hydrogens is 282 g/mol. The minimum atomic E-state index is -0.175. The molecule has 0 bridgehead atoms. The lowest BCUT2D eigenvalue weighted by Gasteiger charge is -1.98. The van der Waals surface area contributed by atoms with Gasteiger partial charge < -0.3 is 4.57 Å². The molecule has 1 aliphatic carbocycles. The highest BCUT2D eigenvalue weighted by Crippen LogP contribution is 2.29. The number of Topliss-reactive ketones (excluding diaryl/α,β-unsaturated/α-hetero) is 1. The fraction of sp³-hybridized carbons (Fsp3) is 0.143. The second kappa shape index (κ2) is 4.18. The van der Waals surface area contributed by atoms with E-state index in [1.165, 1.54) is 15.9 Å². The Bertz CT molecular complexity index is 876. The van der Waals surface area contributed by atoms with Crippen molar-refractivity contribution in [2.24, 2.45) is 7.05 Å². The Kier molecular flexibility index (Phi) is 2.73. The lowest BCUT2D eigenvalue weighted by Crippen LogP contribution is -2.30. The van der Waals surface area contributed by atoms with Crippen molar-refractivity contribution < 1.29 is 4.79 Å². The summed E-state index contributed by atoms with van der Waals surface area (Å²) in [5, 5.41) is 0.564. The zero-order chi connectivity index (χ0) is 13.7. The van der Waals surface area contributed by atoms with E-state index in [2.05, 4.69) is 6.58 Å². The number of thiazole rings is 1. The van der Waals surface area contributed by atoms with E-state index in [0.717, 1.165) is 11.1 Å². The van der Waals surface area contributed by atoms with E-state index in [1.54, 1.807) is 19.2 Å². The molecule has 1 aromatic heterocycles. The highest BCUT2D eigenvalue weighted by molar-refractivity contribution is 7.07. The van der Waals surface area contributed by atoms with Crippen LogP contribution in [0, 0.1) is 0 Å². The molecule has 0 fully saturated rings. The van der Waals surface area contributed by atoms with Crippen LogP contribution in [0.4, 0.5) is 0 Å². The number of rotatable bonds is 0. The predicted molar refractivity (Wildman–Crippen MR) is 77.0 cm³/mol. The Morgan fingerprint density at radius 1 is 1.37 bits per heavy atom. The van der Waals surface area contributed by atoms with Crippen molar-refractivity contribution >= 4 is 40.9 Å². The van der Waals surface area contributed by atoms with E-state index in [0.29, 0.717) is 26.2 Å². The summed E-state index contributed by atoms with van der Waals surface area (Å²) < 4.78 is 2.55. The van der Waals surface area contributed by atoms with Crippen LogP contribution in [0.25, 0.3) is 12.2 Å². The third kappa shape index (κ3) is 1.79. The number of carbonyl (C=O) groups is 1. The van der Waals surface area contributed by atoms with Crippen molar-refractivity contribution in [1.82, 2.24) is 4.57 Å². The minimum Gasteiger partial charge on any atom is -0.303 e. The molecule has 1 aromatic carbocycles. The van der Waals surface area contributed by atoms with Crippen molar-refractivity contribution in [3.05, 3.63) is 53.9 Å². The van der Waals surface area contributed by atoms with E-state index >= 15 is 0 Å². The molecule has 1 heterocycles. The molecule has 0 aliphatic heterocycles.